The molecular formula is C8H13N3O4. The Hall–Kier alpha value is -1.47. The van der Waals surface area contributed by atoms with Crippen LogP contribution in [0, 0.1) is 0 Å². The van der Waals surface area contributed by atoms with Crippen molar-refractivity contribution in [2.45, 2.75) is 19.0 Å². The first-order chi connectivity index (χ1) is 6.97. The highest BCUT2D eigenvalue weighted by atomic mass is 16.6. The Morgan fingerprint density at radius 1 is 1.67 bits per heavy atom. The Morgan fingerprint density at radius 3 is 2.67 bits per heavy atom. The van der Waals surface area contributed by atoms with Crippen molar-refractivity contribution >= 4 is 18.0 Å². The molecule has 3 N–H and O–H groups in total. The second kappa shape index (κ2) is 4.37. The fraction of sp³-hybridized carbons (Fsp3) is 0.625. The summed E-state index contributed by atoms with van der Waals surface area (Å²) in [7, 11) is 1.56. The molecule has 0 aromatic rings. The van der Waals surface area contributed by atoms with E-state index in [4.69, 9.17) is 5.73 Å². The van der Waals surface area contributed by atoms with Gasteiger partial charge in [0, 0.05) is 0 Å². The van der Waals surface area contributed by atoms with Gasteiger partial charge >= 0.3 is 12.1 Å². The van der Waals surface area contributed by atoms with E-state index in [2.05, 4.69) is 10.1 Å². The first-order valence-corrected chi connectivity index (χ1v) is 4.47. The SMILES string of the molecule is CN[C@@H](C)C(=O)OC(=O)N1CC(N)C1=O. The first kappa shape index (κ1) is 11.6. The molecular weight excluding hydrogens is 202 g/mol. The molecule has 2 amide bonds. The van der Waals surface area contributed by atoms with E-state index in [1.165, 1.54) is 0 Å². The molecule has 1 saturated heterocycles. The molecule has 0 aliphatic carbocycles. The maximum Gasteiger partial charge on any atom is 0.424 e. The van der Waals surface area contributed by atoms with Gasteiger partial charge in [0.2, 0.25) is 0 Å². The van der Waals surface area contributed by atoms with E-state index >= 15 is 0 Å². The third-order valence-corrected chi connectivity index (χ3v) is 2.16. The van der Waals surface area contributed by atoms with Gasteiger partial charge in [-0.05, 0) is 14.0 Å². The Bertz CT molecular complexity index is 304. The summed E-state index contributed by atoms with van der Waals surface area (Å²) in [5.41, 5.74) is 5.27. The lowest BCUT2D eigenvalue weighted by atomic mass is 10.1. The van der Waals surface area contributed by atoms with Gasteiger partial charge in [-0.2, -0.15) is 0 Å². The second-order valence-electron chi connectivity index (χ2n) is 3.25. The summed E-state index contributed by atoms with van der Waals surface area (Å²) in [6, 6.07) is -1.26. The van der Waals surface area contributed by atoms with Crippen LogP contribution in [0.1, 0.15) is 6.92 Å². The van der Waals surface area contributed by atoms with Crippen LogP contribution in [-0.4, -0.2) is 48.5 Å². The van der Waals surface area contributed by atoms with Gasteiger partial charge in [-0.1, -0.05) is 0 Å². The summed E-state index contributed by atoms with van der Waals surface area (Å²) in [6.45, 7) is 1.64. The van der Waals surface area contributed by atoms with E-state index in [-0.39, 0.29) is 6.54 Å². The summed E-state index contributed by atoms with van der Waals surface area (Å²) in [5.74, 6) is -1.25. The summed E-state index contributed by atoms with van der Waals surface area (Å²) in [4.78, 5) is 34.1. The molecule has 2 atom stereocenters. The van der Waals surface area contributed by atoms with E-state index in [0.717, 1.165) is 4.90 Å². The van der Waals surface area contributed by atoms with E-state index in [0.29, 0.717) is 0 Å². The van der Waals surface area contributed by atoms with Crippen molar-refractivity contribution in [3.63, 3.8) is 0 Å². The maximum absolute atomic E-state index is 11.2. The van der Waals surface area contributed by atoms with Gasteiger partial charge < -0.3 is 15.8 Å². The van der Waals surface area contributed by atoms with Crippen molar-refractivity contribution in [2.75, 3.05) is 13.6 Å². The standard InChI is InChI=1S/C8H13N3O4/c1-4(10-2)7(13)15-8(14)11-3-5(9)6(11)12/h4-5,10H,3,9H2,1-2H3/t4-,5?/m0/s1. The normalized spacial score (nSPS) is 21.9. The molecule has 1 rings (SSSR count). The Labute approximate surface area is 86.5 Å². The zero-order valence-corrected chi connectivity index (χ0v) is 8.52. The molecule has 7 heteroatoms. The number of amides is 2. The summed E-state index contributed by atoms with van der Waals surface area (Å²) < 4.78 is 4.43. The molecule has 84 valence electrons. The number of rotatable bonds is 2. The number of hydrogen-bond acceptors (Lipinski definition) is 6. The number of carbonyl (C=O) groups is 3. The van der Waals surface area contributed by atoms with Gasteiger partial charge in [-0.3, -0.25) is 4.79 Å². The Kier molecular flexibility index (Phi) is 3.38. The van der Waals surface area contributed by atoms with Crippen LogP contribution in [-0.2, 0) is 14.3 Å². The molecule has 15 heavy (non-hydrogen) atoms. The molecule has 0 aromatic carbocycles. The molecule has 0 bridgehead atoms. The van der Waals surface area contributed by atoms with Gasteiger partial charge in [0.25, 0.3) is 5.91 Å². The highest BCUT2D eigenvalue weighted by Gasteiger charge is 2.40. The van der Waals surface area contributed by atoms with E-state index in [1.54, 1.807) is 14.0 Å². The summed E-state index contributed by atoms with van der Waals surface area (Å²) >= 11 is 0. The van der Waals surface area contributed by atoms with Crippen molar-refractivity contribution in [1.29, 1.82) is 0 Å². The lowest BCUT2D eigenvalue weighted by molar-refractivity contribution is -0.145. The number of likely N-dealkylation sites (N-methyl/N-ethyl adjacent to an activating group) is 1. The van der Waals surface area contributed by atoms with Crippen LogP contribution in [0.25, 0.3) is 0 Å². The number of nitrogens with one attached hydrogen (secondary N) is 1. The van der Waals surface area contributed by atoms with Crippen molar-refractivity contribution in [3.05, 3.63) is 0 Å². The van der Waals surface area contributed by atoms with Gasteiger partial charge in [0.05, 0.1) is 6.54 Å². The van der Waals surface area contributed by atoms with Crippen LogP contribution in [0.4, 0.5) is 4.79 Å². The van der Waals surface area contributed by atoms with Crippen LogP contribution in [0.5, 0.6) is 0 Å². The number of ether oxygens (including phenoxy) is 1. The number of carbonyl (C=O) groups excluding carboxylic acids is 3. The third-order valence-electron chi connectivity index (χ3n) is 2.16. The van der Waals surface area contributed by atoms with E-state index < -0.39 is 30.1 Å². The predicted octanol–water partition coefficient (Wildman–Crippen LogP) is -1.57. The molecule has 1 aliphatic rings. The van der Waals surface area contributed by atoms with Gasteiger partial charge in [0.1, 0.15) is 12.1 Å². The number of nitrogens with two attached hydrogens (primary N) is 1. The van der Waals surface area contributed by atoms with Crippen molar-refractivity contribution in [3.8, 4) is 0 Å². The number of nitrogens with zero attached hydrogens (tertiary/aromatic N) is 1. The first-order valence-electron chi connectivity index (χ1n) is 4.47. The summed E-state index contributed by atoms with van der Waals surface area (Å²) in [6.07, 6.45) is -0.964. The molecule has 0 aromatic heterocycles. The Morgan fingerprint density at radius 2 is 2.27 bits per heavy atom. The summed E-state index contributed by atoms with van der Waals surface area (Å²) in [5, 5.41) is 2.61. The molecule has 0 spiro atoms. The Balaban J connectivity index is 2.43. The monoisotopic (exact) mass is 215 g/mol. The number of hydrogen-bond donors (Lipinski definition) is 2. The minimum absolute atomic E-state index is 0.0961. The highest BCUT2D eigenvalue weighted by molar-refractivity contribution is 6.03. The van der Waals surface area contributed by atoms with Crippen molar-refractivity contribution in [2.24, 2.45) is 5.73 Å². The molecule has 0 radical (unpaired) electrons. The molecule has 0 saturated carbocycles. The highest BCUT2D eigenvalue weighted by Crippen LogP contribution is 2.09. The largest absolute Gasteiger partial charge is 0.424 e. The molecule has 1 aliphatic heterocycles. The smallest absolute Gasteiger partial charge is 0.375 e. The van der Waals surface area contributed by atoms with Gasteiger partial charge in [-0.25, -0.2) is 14.5 Å². The van der Waals surface area contributed by atoms with Crippen LogP contribution in [0.15, 0.2) is 0 Å². The second-order valence-corrected chi connectivity index (χ2v) is 3.25. The van der Waals surface area contributed by atoms with Crippen LogP contribution >= 0.6 is 0 Å². The van der Waals surface area contributed by atoms with Crippen molar-refractivity contribution in [1.82, 2.24) is 10.2 Å². The fourth-order valence-corrected chi connectivity index (χ4v) is 0.964. The minimum Gasteiger partial charge on any atom is -0.375 e. The zero-order valence-electron chi connectivity index (χ0n) is 8.52. The van der Waals surface area contributed by atoms with Crippen molar-refractivity contribution < 1.29 is 19.1 Å². The number of imide groups is 1. The topological polar surface area (TPSA) is 102 Å². The van der Waals surface area contributed by atoms with E-state index in [1.807, 2.05) is 0 Å². The third kappa shape index (κ3) is 2.31. The average Bonchev–Trinajstić information content (AvgIpc) is 2.23. The predicted molar refractivity (Wildman–Crippen MR) is 49.7 cm³/mol. The molecule has 1 fully saturated rings. The number of esters is 1. The van der Waals surface area contributed by atoms with E-state index in [9.17, 15) is 14.4 Å². The molecule has 7 nitrogen and oxygen atoms in total. The molecule has 1 heterocycles. The van der Waals surface area contributed by atoms with Crippen LogP contribution < -0.4 is 11.1 Å². The fourth-order valence-electron chi connectivity index (χ4n) is 0.964. The van der Waals surface area contributed by atoms with Crippen LogP contribution in [0.2, 0.25) is 0 Å². The average molecular weight is 215 g/mol. The lowest BCUT2D eigenvalue weighted by Crippen LogP contribution is -2.63. The van der Waals surface area contributed by atoms with Crippen LogP contribution in [0.3, 0.4) is 0 Å². The number of β-lactam (4-membered cyclic amide) rings is 1. The maximum atomic E-state index is 11.2. The van der Waals surface area contributed by atoms with Gasteiger partial charge in [0.15, 0.2) is 0 Å². The quantitative estimate of drug-likeness (QED) is 0.328. The molecule has 1 unspecified atom stereocenters. The number of likely N-dealkylation sites (tertiary alicyclic amines) is 1. The lowest BCUT2D eigenvalue weighted by Gasteiger charge is -2.32. The zero-order chi connectivity index (χ0) is 11.6. The minimum atomic E-state index is -0.964. The van der Waals surface area contributed by atoms with Gasteiger partial charge in [-0.15, -0.1) is 0 Å².